The first kappa shape index (κ1) is 28.4. The van der Waals surface area contributed by atoms with E-state index in [9.17, 15) is 18.0 Å². The van der Waals surface area contributed by atoms with Crippen molar-refractivity contribution in [3.05, 3.63) is 94.9 Å². The maximum Gasteiger partial charge on any atom is 0.416 e. The first-order chi connectivity index (χ1) is 20.6. The van der Waals surface area contributed by atoms with E-state index in [1.165, 1.54) is 12.1 Å². The smallest absolute Gasteiger partial charge is 0.349 e. The van der Waals surface area contributed by atoms with Crippen LogP contribution in [0.15, 0.2) is 67.0 Å². The molecule has 0 atom stereocenters. The zero-order valence-corrected chi connectivity index (χ0v) is 23.9. The molecule has 0 radical (unpaired) electrons. The van der Waals surface area contributed by atoms with Gasteiger partial charge in [-0.1, -0.05) is 25.0 Å². The van der Waals surface area contributed by atoms with Gasteiger partial charge in [0, 0.05) is 47.0 Å². The average molecular weight is 588 g/mol. The molecule has 43 heavy (non-hydrogen) atoms. The highest BCUT2D eigenvalue weighted by Gasteiger charge is 2.33. The number of anilines is 5. The Morgan fingerprint density at radius 1 is 0.953 bits per heavy atom. The standard InChI is InChI=1S/C32H32F3N7O/c1-20-10-12-25(38-30(43)22-6-5-7-24(14-22)32(33,34)35)15-28(20)41-18-23-16-37-31(39-26-13-11-21(2)36-17-26)40-29(23)42(19-41)27-8-3-4-9-27/h5-7,10-17,27H,3-4,8-9,18-19H2,1-2H3,(H,38,43)(H,37,39,40). The van der Waals surface area contributed by atoms with E-state index in [1.54, 1.807) is 12.3 Å². The molecule has 3 heterocycles. The van der Waals surface area contributed by atoms with Crippen LogP contribution in [-0.4, -0.2) is 33.6 Å². The van der Waals surface area contributed by atoms with Gasteiger partial charge in [-0.3, -0.25) is 9.78 Å². The molecular weight excluding hydrogens is 555 g/mol. The molecular formula is C32H32F3N7O. The van der Waals surface area contributed by atoms with Crippen LogP contribution in [0.2, 0.25) is 0 Å². The molecule has 0 unspecified atom stereocenters. The van der Waals surface area contributed by atoms with Crippen LogP contribution in [0.5, 0.6) is 0 Å². The van der Waals surface area contributed by atoms with Crippen molar-refractivity contribution in [3.8, 4) is 0 Å². The van der Waals surface area contributed by atoms with Crippen LogP contribution in [0.1, 0.15) is 58.4 Å². The summed E-state index contributed by atoms with van der Waals surface area (Å²) in [6.07, 6.45) is 3.57. The fourth-order valence-corrected chi connectivity index (χ4v) is 5.73. The molecule has 2 aliphatic rings. The second-order valence-corrected chi connectivity index (χ2v) is 11.1. The first-order valence-electron chi connectivity index (χ1n) is 14.3. The summed E-state index contributed by atoms with van der Waals surface area (Å²) in [5, 5.41) is 6.05. The Hall–Kier alpha value is -4.67. The lowest BCUT2D eigenvalue weighted by atomic mass is 10.1. The minimum Gasteiger partial charge on any atom is -0.349 e. The monoisotopic (exact) mass is 587 g/mol. The fourth-order valence-electron chi connectivity index (χ4n) is 5.73. The highest BCUT2D eigenvalue weighted by molar-refractivity contribution is 6.04. The normalized spacial score (nSPS) is 15.4. The van der Waals surface area contributed by atoms with Crippen molar-refractivity contribution in [2.24, 2.45) is 0 Å². The van der Waals surface area contributed by atoms with Crippen molar-refractivity contribution in [1.82, 2.24) is 15.0 Å². The SMILES string of the molecule is Cc1ccc(Nc2ncc3c(n2)N(C2CCCC2)CN(c2cc(NC(=O)c4cccc(C(F)(F)F)c4)ccc2C)C3)cn1. The summed E-state index contributed by atoms with van der Waals surface area (Å²) in [5.74, 6) is 0.818. The van der Waals surface area contributed by atoms with Gasteiger partial charge < -0.3 is 20.4 Å². The van der Waals surface area contributed by atoms with Crippen molar-refractivity contribution in [2.75, 3.05) is 27.1 Å². The van der Waals surface area contributed by atoms with E-state index in [0.717, 1.165) is 71.8 Å². The number of nitrogens with one attached hydrogen (secondary N) is 2. The average Bonchev–Trinajstić information content (AvgIpc) is 3.53. The van der Waals surface area contributed by atoms with Crippen LogP contribution in [-0.2, 0) is 12.7 Å². The first-order valence-corrected chi connectivity index (χ1v) is 14.3. The zero-order valence-electron chi connectivity index (χ0n) is 23.9. The van der Waals surface area contributed by atoms with Crippen LogP contribution < -0.4 is 20.4 Å². The molecule has 4 aromatic rings. The molecule has 0 bridgehead atoms. The third-order valence-corrected chi connectivity index (χ3v) is 7.99. The maximum atomic E-state index is 13.2. The van der Waals surface area contributed by atoms with Crippen molar-refractivity contribution in [1.29, 1.82) is 0 Å². The van der Waals surface area contributed by atoms with E-state index >= 15 is 0 Å². The number of halogens is 3. The number of amides is 1. The van der Waals surface area contributed by atoms with Gasteiger partial charge in [-0.2, -0.15) is 18.2 Å². The number of pyridine rings is 1. The minimum atomic E-state index is -4.53. The summed E-state index contributed by atoms with van der Waals surface area (Å²) in [6.45, 7) is 5.11. The highest BCUT2D eigenvalue weighted by Crippen LogP contribution is 2.37. The Morgan fingerprint density at radius 3 is 2.49 bits per heavy atom. The minimum absolute atomic E-state index is 0.0563. The maximum absolute atomic E-state index is 13.2. The molecule has 2 N–H and O–H groups in total. The van der Waals surface area contributed by atoms with Crippen LogP contribution in [0, 0.1) is 13.8 Å². The molecule has 2 aromatic heterocycles. The Labute approximate surface area is 248 Å². The summed E-state index contributed by atoms with van der Waals surface area (Å²) >= 11 is 0. The Morgan fingerprint density at radius 2 is 1.74 bits per heavy atom. The number of hydrogen-bond donors (Lipinski definition) is 2. The van der Waals surface area contributed by atoms with Crippen LogP contribution in [0.4, 0.5) is 42.0 Å². The number of carbonyl (C=O) groups is 1. The topological polar surface area (TPSA) is 86.3 Å². The Balaban J connectivity index is 1.26. The molecule has 222 valence electrons. The van der Waals surface area contributed by atoms with Crippen LogP contribution >= 0.6 is 0 Å². The second-order valence-electron chi connectivity index (χ2n) is 11.1. The number of aryl methyl sites for hydroxylation is 2. The molecule has 6 rings (SSSR count). The Bertz CT molecular complexity index is 1640. The lowest BCUT2D eigenvalue weighted by molar-refractivity contribution is -0.137. The summed E-state index contributed by atoms with van der Waals surface area (Å²) in [6, 6.07) is 14.2. The Kier molecular flexibility index (Phi) is 7.64. The van der Waals surface area contributed by atoms with Gasteiger partial charge in [0.1, 0.15) is 5.82 Å². The number of aromatic nitrogens is 3. The highest BCUT2D eigenvalue weighted by atomic mass is 19.4. The number of hydrogen-bond acceptors (Lipinski definition) is 7. The quantitative estimate of drug-likeness (QED) is 0.246. The summed E-state index contributed by atoms with van der Waals surface area (Å²) in [4.78, 5) is 31.4. The summed E-state index contributed by atoms with van der Waals surface area (Å²) < 4.78 is 39.6. The number of carbonyl (C=O) groups excluding carboxylic acids is 1. The predicted molar refractivity (Wildman–Crippen MR) is 161 cm³/mol. The lowest BCUT2D eigenvalue weighted by Gasteiger charge is -2.42. The van der Waals surface area contributed by atoms with Crippen molar-refractivity contribution in [2.45, 2.75) is 58.3 Å². The van der Waals surface area contributed by atoms with Gasteiger partial charge in [-0.25, -0.2) is 4.98 Å². The van der Waals surface area contributed by atoms with Gasteiger partial charge in [0.15, 0.2) is 0 Å². The summed E-state index contributed by atoms with van der Waals surface area (Å²) in [5.41, 5.74) is 4.25. The van der Waals surface area contributed by atoms with E-state index in [-0.39, 0.29) is 5.56 Å². The van der Waals surface area contributed by atoms with Gasteiger partial charge in [-0.15, -0.1) is 0 Å². The molecule has 0 saturated heterocycles. The van der Waals surface area contributed by atoms with Gasteiger partial charge in [0.25, 0.3) is 5.91 Å². The third kappa shape index (κ3) is 6.25. The molecule has 1 saturated carbocycles. The molecule has 1 aliphatic heterocycles. The number of fused-ring (bicyclic) bond motifs is 1. The number of nitrogens with zero attached hydrogens (tertiary/aromatic N) is 5. The molecule has 11 heteroatoms. The van der Waals surface area contributed by atoms with E-state index in [4.69, 9.17) is 4.98 Å². The van der Waals surface area contributed by atoms with Crippen LogP contribution in [0.25, 0.3) is 0 Å². The van der Waals surface area contributed by atoms with Crippen molar-refractivity contribution < 1.29 is 18.0 Å². The van der Waals surface area contributed by atoms with E-state index < -0.39 is 17.6 Å². The molecule has 0 spiro atoms. The largest absolute Gasteiger partial charge is 0.416 e. The molecule has 2 aromatic carbocycles. The van der Waals surface area contributed by atoms with E-state index in [0.29, 0.717) is 30.9 Å². The van der Waals surface area contributed by atoms with Gasteiger partial charge >= 0.3 is 6.18 Å². The van der Waals surface area contributed by atoms with Crippen molar-refractivity contribution in [3.63, 3.8) is 0 Å². The van der Waals surface area contributed by atoms with Gasteiger partial charge in [0.2, 0.25) is 5.95 Å². The van der Waals surface area contributed by atoms with Crippen molar-refractivity contribution >= 4 is 34.7 Å². The van der Waals surface area contributed by atoms with Gasteiger partial charge in [-0.05, 0) is 74.7 Å². The van der Waals surface area contributed by atoms with E-state index in [2.05, 4.69) is 30.4 Å². The van der Waals surface area contributed by atoms with Gasteiger partial charge in [0.05, 0.1) is 24.1 Å². The molecule has 1 amide bonds. The lowest BCUT2D eigenvalue weighted by Crippen LogP contribution is -2.47. The van der Waals surface area contributed by atoms with Crippen LogP contribution in [0.3, 0.4) is 0 Å². The predicted octanol–water partition coefficient (Wildman–Crippen LogP) is 7.23. The molecule has 1 aliphatic carbocycles. The third-order valence-electron chi connectivity index (χ3n) is 7.99. The second kappa shape index (κ2) is 11.5. The number of alkyl halides is 3. The number of benzene rings is 2. The fraction of sp³-hybridized carbons (Fsp3) is 0.312. The number of rotatable bonds is 6. The molecule has 1 fully saturated rings. The van der Waals surface area contributed by atoms with E-state index in [1.807, 2.05) is 44.3 Å². The molecule has 8 nitrogen and oxygen atoms in total. The zero-order chi connectivity index (χ0) is 30.1. The summed E-state index contributed by atoms with van der Waals surface area (Å²) in [7, 11) is 0.